The standard InChI is InChI=1S/C18H17ClN2O2/c1-12-5-2-3-8-16(12)21-11-13(9-17(21)22)18(23)20-15-7-4-6-14(19)10-15/h2-8,10,13H,9,11H2,1H3,(H,20,23). The van der Waals surface area contributed by atoms with Crippen LogP contribution in [-0.2, 0) is 9.59 Å². The summed E-state index contributed by atoms with van der Waals surface area (Å²) in [6.45, 7) is 2.36. The normalized spacial score (nSPS) is 17.4. The highest BCUT2D eigenvalue weighted by atomic mass is 35.5. The fraction of sp³-hybridized carbons (Fsp3) is 0.222. The molecule has 2 amide bonds. The predicted octanol–water partition coefficient (Wildman–Crippen LogP) is 3.64. The number of benzene rings is 2. The Bertz CT molecular complexity index is 760. The van der Waals surface area contributed by atoms with Gasteiger partial charge in [-0.2, -0.15) is 0 Å². The zero-order chi connectivity index (χ0) is 16.4. The van der Waals surface area contributed by atoms with Crippen LogP contribution in [0.5, 0.6) is 0 Å². The van der Waals surface area contributed by atoms with E-state index in [-0.39, 0.29) is 24.2 Å². The number of rotatable bonds is 3. The fourth-order valence-electron chi connectivity index (χ4n) is 2.79. The molecule has 4 nitrogen and oxygen atoms in total. The van der Waals surface area contributed by atoms with Gasteiger partial charge in [0, 0.05) is 29.4 Å². The molecule has 0 spiro atoms. The van der Waals surface area contributed by atoms with E-state index in [1.807, 2.05) is 31.2 Å². The van der Waals surface area contributed by atoms with Gasteiger partial charge < -0.3 is 10.2 Å². The molecule has 0 saturated carbocycles. The Balaban J connectivity index is 1.72. The van der Waals surface area contributed by atoms with Crippen LogP contribution in [0, 0.1) is 12.8 Å². The molecule has 1 atom stereocenters. The van der Waals surface area contributed by atoms with Gasteiger partial charge in [0.2, 0.25) is 11.8 Å². The molecule has 1 aliphatic rings. The molecule has 5 heteroatoms. The highest BCUT2D eigenvalue weighted by Crippen LogP contribution is 2.28. The van der Waals surface area contributed by atoms with Crippen molar-refractivity contribution in [1.82, 2.24) is 0 Å². The Labute approximate surface area is 140 Å². The minimum atomic E-state index is -0.360. The lowest BCUT2D eigenvalue weighted by Gasteiger charge is -2.19. The van der Waals surface area contributed by atoms with Crippen LogP contribution in [0.25, 0.3) is 0 Å². The number of nitrogens with one attached hydrogen (secondary N) is 1. The number of anilines is 2. The lowest BCUT2D eigenvalue weighted by molar-refractivity contribution is -0.122. The van der Waals surface area contributed by atoms with Crippen molar-refractivity contribution in [2.45, 2.75) is 13.3 Å². The van der Waals surface area contributed by atoms with E-state index in [4.69, 9.17) is 11.6 Å². The lowest BCUT2D eigenvalue weighted by atomic mass is 10.1. The average Bonchev–Trinajstić information content (AvgIpc) is 2.90. The molecule has 0 aliphatic carbocycles. The van der Waals surface area contributed by atoms with E-state index < -0.39 is 0 Å². The van der Waals surface area contributed by atoms with Crippen molar-refractivity contribution < 1.29 is 9.59 Å². The first-order valence-corrected chi connectivity index (χ1v) is 7.85. The third kappa shape index (κ3) is 3.37. The van der Waals surface area contributed by atoms with Gasteiger partial charge in [-0.15, -0.1) is 0 Å². The molecular weight excluding hydrogens is 312 g/mol. The van der Waals surface area contributed by atoms with Gasteiger partial charge in [0.1, 0.15) is 0 Å². The number of carbonyl (C=O) groups excluding carboxylic acids is 2. The highest BCUT2D eigenvalue weighted by molar-refractivity contribution is 6.30. The van der Waals surface area contributed by atoms with Crippen molar-refractivity contribution in [3.63, 3.8) is 0 Å². The van der Waals surface area contributed by atoms with Crippen molar-refractivity contribution in [3.05, 3.63) is 59.1 Å². The maximum Gasteiger partial charge on any atom is 0.229 e. The smallest absolute Gasteiger partial charge is 0.229 e. The minimum absolute atomic E-state index is 0.0226. The van der Waals surface area contributed by atoms with Crippen LogP contribution < -0.4 is 10.2 Å². The van der Waals surface area contributed by atoms with Crippen LogP contribution in [0.15, 0.2) is 48.5 Å². The summed E-state index contributed by atoms with van der Waals surface area (Å²) < 4.78 is 0. The number of para-hydroxylation sites is 1. The SMILES string of the molecule is Cc1ccccc1N1CC(C(=O)Nc2cccc(Cl)c2)CC1=O. The first-order chi connectivity index (χ1) is 11.0. The van der Waals surface area contributed by atoms with Crippen LogP contribution in [0.3, 0.4) is 0 Å². The third-order valence-electron chi connectivity index (χ3n) is 3.99. The van der Waals surface area contributed by atoms with Gasteiger partial charge in [-0.3, -0.25) is 9.59 Å². The van der Waals surface area contributed by atoms with Gasteiger partial charge in [-0.05, 0) is 36.8 Å². The van der Waals surface area contributed by atoms with E-state index in [9.17, 15) is 9.59 Å². The van der Waals surface area contributed by atoms with Gasteiger partial charge in [0.15, 0.2) is 0 Å². The van der Waals surface area contributed by atoms with Gasteiger partial charge in [0.25, 0.3) is 0 Å². The van der Waals surface area contributed by atoms with E-state index in [0.717, 1.165) is 11.3 Å². The second kappa shape index (κ2) is 6.42. The summed E-state index contributed by atoms with van der Waals surface area (Å²) >= 11 is 5.92. The molecule has 2 aromatic rings. The topological polar surface area (TPSA) is 49.4 Å². The molecule has 1 heterocycles. The van der Waals surface area contributed by atoms with Crippen LogP contribution in [0.2, 0.25) is 5.02 Å². The van der Waals surface area contributed by atoms with Crippen molar-refractivity contribution >= 4 is 34.8 Å². The minimum Gasteiger partial charge on any atom is -0.326 e. The van der Waals surface area contributed by atoms with Crippen molar-refractivity contribution in [3.8, 4) is 0 Å². The monoisotopic (exact) mass is 328 g/mol. The van der Waals surface area contributed by atoms with Crippen molar-refractivity contribution in [2.75, 3.05) is 16.8 Å². The molecule has 2 aromatic carbocycles. The van der Waals surface area contributed by atoms with E-state index in [1.54, 1.807) is 29.2 Å². The van der Waals surface area contributed by atoms with Crippen LogP contribution in [0.1, 0.15) is 12.0 Å². The number of hydrogen-bond donors (Lipinski definition) is 1. The predicted molar refractivity (Wildman–Crippen MR) is 91.7 cm³/mol. The van der Waals surface area contributed by atoms with E-state index in [0.29, 0.717) is 17.3 Å². The quantitative estimate of drug-likeness (QED) is 0.935. The number of amides is 2. The molecule has 1 N–H and O–H groups in total. The van der Waals surface area contributed by atoms with Crippen LogP contribution in [0.4, 0.5) is 11.4 Å². The van der Waals surface area contributed by atoms with E-state index in [2.05, 4.69) is 5.32 Å². The summed E-state index contributed by atoms with van der Waals surface area (Å²) in [5.74, 6) is -0.539. The van der Waals surface area contributed by atoms with Gasteiger partial charge in [-0.1, -0.05) is 35.9 Å². The van der Waals surface area contributed by atoms with Gasteiger partial charge >= 0.3 is 0 Å². The third-order valence-corrected chi connectivity index (χ3v) is 4.23. The zero-order valence-corrected chi connectivity index (χ0v) is 13.5. The molecule has 23 heavy (non-hydrogen) atoms. The second-order valence-electron chi connectivity index (χ2n) is 5.69. The maximum absolute atomic E-state index is 12.4. The number of aryl methyl sites for hydroxylation is 1. The number of carbonyl (C=O) groups is 2. The maximum atomic E-state index is 12.4. The summed E-state index contributed by atoms with van der Waals surface area (Å²) in [6, 6.07) is 14.7. The first kappa shape index (κ1) is 15.6. The molecule has 0 radical (unpaired) electrons. The Morgan fingerprint density at radius 3 is 2.74 bits per heavy atom. The molecule has 1 fully saturated rings. The van der Waals surface area contributed by atoms with Crippen LogP contribution in [-0.4, -0.2) is 18.4 Å². The van der Waals surface area contributed by atoms with Crippen molar-refractivity contribution in [1.29, 1.82) is 0 Å². The average molecular weight is 329 g/mol. The molecule has 1 unspecified atom stereocenters. The van der Waals surface area contributed by atoms with E-state index in [1.165, 1.54) is 0 Å². The number of hydrogen-bond acceptors (Lipinski definition) is 2. The summed E-state index contributed by atoms with van der Waals surface area (Å²) in [6.07, 6.45) is 0.223. The zero-order valence-electron chi connectivity index (χ0n) is 12.8. The summed E-state index contributed by atoms with van der Waals surface area (Å²) in [5.41, 5.74) is 2.54. The molecule has 1 aliphatic heterocycles. The summed E-state index contributed by atoms with van der Waals surface area (Å²) in [5, 5.41) is 3.39. The van der Waals surface area contributed by atoms with Crippen LogP contribution >= 0.6 is 11.6 Å². The number of nitrogens with zero attached hydrogens (tertiary/aromatic N) is 1. The Hall–Kier alpha value is -2.33. The number of halogens is 1. The largest absolute Gasteiger partial charge is 0.326 e. The Morgan fingerprint density at radius 2 is 2.00 bits per heavy atom. The summed E-state index contributed by atoms with van der Waals surface area (Å²) in [7, 11) is 0. The second-order valence-corrected chi connectivity index (χ2v) is 6.13. The Morgan fingerprint density at radius 1 is 1.22 bits per heavy atom. The molecule has 1 saturated heterocycles. The molecule has 0 aromatic heterocycles. The highest BCUT2D eigenvalue weighted by Gasteiger charge is 2.35. The summed E-state index contributed by atoms with van der Waals surface area (Å²) in [4.78, 5) is 26.4. The lowest BCUT2D eigenvalue weighted by Crippen LogP contribution is -2.28. The fourth-order valence-corrected chi connectivity index (χ4v) is 2.98. The first-order valence-electron chi connectivity index (χ1n) is 7.47. The van der Waals surface area contributed by atoms with E-state index >= 15 is 0 Å². The molecule has 3 rings (SSSR count). The van der Waals surface area contributed by atoms with Gasteiger partial charge in [0.05, 0.1) is 5.92 Å². The molecule has 0 bridgehead atoms. The van der Waals surface area contributed by atoms with Gasteiger partial charge in [-0.25, -0.2) is 0 Å². The Kier molecular flexibility index (Phi) is 4.35. The molecular formula is C18H17ClN2O2. The molecule has 118 valence electrons. The van der Waals surface area contributed by atoms with Crippen molar-refractivity contribution in [2.24, 2.45) is 5.92 Å².